The van der Waals surface area contributed by atoms with E-state index < -0.39 is 0 Å². The van der Waals surface area contributed by atoms with Crippen LogP contribution in [0.15, 0.2) is 146 Å². The smallest absolute Gasteiger partial charge is 0.118 e. The fourth-order valence-corrected chi connectivity index (χ4v) is 5.34. The fourth-order valence-electron chi connectivity index (χ4n) is 5.34. The van der Waals surface area contributed by atoms with E-state index in [0.29, 0.717) is 0 Å². The maximum Gasteiger partial charge on any atom is 0.118 e. The molecule has 0 radical (unpaired) electrons. The lowest BCUT2D eigenvalue weighted by Gasteiger charge is -2.26. The van der Waals surface area contributed by atoms with Gasteiger partial charge < -0.3 is 14.4 Å². The van der Waals surface area contributed by atoms with E-state index in [-0.39, 0.29) is 0 Å². The lowest BCUT2D eigenvalue weighted by atomic mass is 10.1. The average Bonchev–Trinajstić information content (AvgIpc) is 3.15. The molecule has 0 aromatic heterocycles. The highest BCUT2D eigenvalue weighted by atomic mass is 16.5. The lowest BCUT2D eigenvalue weighted by molar-refractivity contribution is 0.414. The van der Waals surface area contributed by atoms with Crippen LogP contribution in [0.3, 0.4) is 0 Å². The van der Waals surface area contributed by atoms with Crippen LogP contribution in [0.2, 0.25) is 0 Å². The van der Waals surface area contributed by atoms with Crippen LogP contribution >= 0.6 is 0 Å². The second kappa shape index (κ2) is 15.5. The van der Waals surface area contributed by atoms with Gasteiger partial charge in [0, 0.05) is 17.1 Å². The molecule has 0 fully saturated rings. The molecule has 3 nitrogen and oxygen atoms in total. The predicted octanol–water partition coefficient (Wildman–Crippen LogP) is 12.0. The Labute approximate surface area is 284 Å². The molecule has 0 aliphatic heterocycles. The number of benzene rings is 6. The highest BCUT2D eigenvalue weighted by Crippen LogP contribution is 2.35. The van der Waals surface area contributed by atoms with E-state index in [1.807, 2.05) is 24.3 Å². The predicted molar refractivity (Wildman–Crippen MR) is 205 cm³/mol. The number of aryl methyl sites for hydroxylation is 1. The molecule has 0 N–H and O–H groups in total. The van der Waals surface area contributed by atoms with Gasteiger partial charge in [0.25, 0.3) is 0 Å². The first-order valence-corrected chi connectivity index (χ1v) is 16.1. The van der Waals surface area contributed by atoms with Crippen LogP contribution in [-0.2, 0) is 0 Å². The Kier molecular flexibility index (Phi) is 10.3. The van der Waals surface area contributed by atoms with Crippen LogP contribution in [0.1, 0.15) is 38.9 Å². The summed E-state index contributed by atoms with van der Waals surface area (Å²) < 4.78 is 10.6. The third-order valence-corrected chi connectivity index (χ3v) is 8.17. The maximum atomic E-state index is 5.29. The molecule has 6 rings (SSSR count). The Morgan fingerprint density at radius 1 is 0.333 bits per heavy atom. The van der Waals surface area contributed by atoms with E-state index in [4.69, 9.17) is 9.47 Å². The first-order valence-electron chi connectivity index (χ1n) is 16.1. The molecule has 0 saturated carbocycles. The first-order chi connectivity index (χ1) is 23.6. The van der Waals surface area contributed by atoms with Gasteiger partial charge in [0.15, 0.2) is 0 Å². The van der Waals surface area contributed by atoms with Crippen molar-refractivity contribution in [2.45, 2.75) is 6.92 Å². The van der Waals surface area contributed by atoms with Crippen LogP contribution in [0, 0.1) is 6.92 Å². The topological polar surface area (TPSA) is 21.7 Å². The number of ether oxygens (including phenoxy) is 2. The minimum atomic E-state index is 0.855. The van der Waals surface area contributed by atoms with Crippen molar-refractivity contribution in [3.8, 4) is 11.5 Å². The molecule has 48 heavy (non-hydrogen) atoms. The maximum absolute atomic E-state index is 5.29. The van der Waals surface area contributed by atoms with Gasteiger partial charge in [-0.3, -0.25) is 0 Å². The average molecular weight is 626 g/mol. The third kappa shape index (κ3) is 8.39. The monoisotopic (exact) mass is 625 g/mol. The molecule has 0 atom stereocenters. The van der Waals surface area contributed by atoms with E-state index in [0.717, 1.165) is 56.4 Å². The molecule has 236 valence electrons. The molecule has 0 amide bonds. The Bertz CT molecular complexity index is 1880. The van der Waals surface area contributed by atoms with Crippen molar-refractivity contribution < 1.29 is 9.47 Å². The van der Waals surface area contributed by atoms with Crippen LogP contribution in [0.5, 0.6) is 11.5 Å². The summed E-state index contributed by atoms with van der Waals surface area (Å²) in [6.45, 7) is 2.11. The van der Waals surface area contributed by atoms with E-state index in [9.17, 15) is 0 Å². The van der Waals surface area contributed by atoms with Crippen molar-refractivity contribution >= 4 is 53.5 Å². The Morgan fingerprint density at radius 3 is 0.812 bits per heavy atom. The summed E-state index contributed by atoms with van der Waals surface area (Å²) in [6, 6.07) is 50.8. The van der Waals surface area contributed by atoms with Crippen LogP contribution in [0.25, 0.3) is 36.5 Å². The minimum Gasteiger partial charge on any atom is -0.497 e. The van der Waals surface area contributed by atoms with E-state index in [2.05, 4.69) is 170 Å². The highest BCUT2D eigenvalue weighted by molar-refractivity contribution is 5.80. The number of rotatable bonds is 11. The fraction of sp³-hybridized carbons (Fsp3) is 0.0667. The van der Waals surface area contributed by atoms with Gasteiger partial charge in [-0.15, -0.1) is 0 Å². The zero-order valence-electron chi connectivity index (χ0n) is 27.6. The summed E-state index contributed by atoms with van der Waals surface area (Å²) in [6.07, 6.45) is 12.8. The van der Waals surface area contributed by atoms with Gasteiger partial charge in [0.05, 0.1) is 14.2 Å². The quantitative estimate of drug-likeness (QED) is 0.134. The van der Waals surface area contributed by atoms with Crippen LogP contribution in [-0.4, -0.2) is 14.2 Å². The van der Waals surface area contributed by atoms with E-state index in [1.165, 1.54) is 11.1 Å². The minimum absolute atomic E-state index is 0.855. The van der Waals surface area contributed by atoms with E-state index >= 15 is 0 Å². The normalized spacial score (nSPS) is 11.4. The number of nitrogens with zero attached hydrogens (tertiary/aromatic N) is 1. The van der Waals surface area contributed by atoms with E-state index in [1.54, 1.807) is 14.2 Å². The molecule has 0 heterocycles. The molecule has 0 bridgehead atoms. The Hall–Kier alpha value is -6.06. The van der Waals surface area contributed by atoms with Gasteiger partial charge in [-0.1, -0.05) is 127 Å². The molecule has 3 heteroatoms. The third-order valence-electron chi connectivity index (χ3n) is 8.17. The van der Waals surface area contributed by atoms with Gasteiger partial charge >= 0.3 is 0 Å². The molecular formula is C45H39NO2. The van der Waals surface area contributed by atoms with Gasteiger partial charge in [-0.05, 0) is 101 Å². The molecule has 6 aromatic carbocycles. The van der Waals surface area contributed by atoms with Gasteiger partial charge in [0.1, 0.15) is 11.5 Å². The number of hydrogen-bond acceptors (Lipinski definition) is 3. The molecule has 0 spiro atoms. The zero-order chi connectivity index (χ0) is 33.1. The zero-order valence-corrected chi connectivity index (χ0v) is 27.6. The van der Waals surface area contributed by atoms with Crippen LogP contribution in [0.4, 0.5) is 17.1 Å². The first kappa shape index (κ1) is 31.9. The van der Waals surface area contributed by atoms with Crippen molar-refractivity contribution in [3.05, 3.63) is 185 Å². The molecular weight excluding hydrogens is 587 g/mol. The van der Waals surface area contributed by atoms with Crippen molar-refractivity contribution in [2.75, 3.05) is 19.1 Å². The molecule has 0 aliphatic carbocycles. The molecule has 6 aromatic rings. The van der Waals surface area contributed by atoms with Crippen molar-refractivity contribution in [2.24, 2.45) is 0 Å². The summed E-state index contributed by atoms with van der Waals surface area (Å²) in [5.41, 5.74) is 11.4. The summed E-state index contributed by atoms with van der Waals surface area (Å²) in [5, 5.41) is 0. The lowest BCUT2D eigenvalue weighted by Crippen LogP contribution is -2.09. The molecule has 0 unspecified atom stereocenters. The van der Waals surface area contributed by atoms with Gasteiger partial charge in [-0.2, -0.15) is 0 Å². The highest BCUT2D eigenvalue weighted by Gasteiger charge is 2.12. The summed E-state index contributed by atoms with van der Waals surface area (Å²) in [7, 11) is 3.37. The number of hydrogen-bond donors (Lipinski definition) is 0. The largest absolute Gasteiger partial charge is 0.497 e. The number of anilines is 3. The standard InChI is InChI=1S/C45H39NO2/c1-34-4-6-35(7-5-34)8-9-36-14-24-41(25-15-36)46(42-26-16-37(17-27-42)10-12-39-20-30-44(47-2)31-21-39)43-28-18-38(19-29-43)11-13-40-22-32-45(48-3)33-23-40/h4-33H,1-3H3/b9-8+,12-10+,13-11+. The van der Waals surface area contributed by atoms with Crippen molar-refractivity contribution in [1.82, 2.24) is 0 Å². The van der Waals surface area contributed by atoms with Crippen molar-refractivity contribution in [3.63, 3.8) is 0 Å². The van der Waals surface area contributed by atoms with Gasteiger partial charge in [0.2, 0.25) is 0 Å². The SMILES string of the molecule is COc1ccc(/C=C/c2ccc(N(c3ccc(/C=C/c4ccc(C)cc4)cc3)c3ccc(/C=C/c4ccc(OC)cc4)cc3)cc2)cc1. The summed E-state index contributed by atoms with van der Waals surface area (Å²) in [5.74, 6) is 1.71. The second-order valence-electron chi connectivity index (χ2n) is 11.6. The summed E-state index contributed by atoms with van der Waals surface area (Å²) >= 11 is 0. The molecule has 0 saturated heterocycles. The second-order valence-corrected chi connectivity index (χ2v) is 11.6. The van der Waals surface area contributed by atoms with Crippen LogP contribution < -0.4 is 14.4 Å². The van der Waals surface area contributed by atoms with Crippen molar-refractivity contribution in [1.29, 1.82) is 0 Å². The van der Waals surface area contributed by atoms with Gasteiger partial charge in [-0.25, -0.2) is 0 Å². The summed E-state index contributed by atoms with van der Waals surface area (Å²) in [4.78, 5) is 2.29. The Balaban J connectivity index is 1.25. The Morgan fingerprint density at radius 2 is 0.562 bits per heavy atom. The number of methoxy groups -OCH3 is 2. The molecule has 0 aliphatic rings.